The van der Waals surface area contributed by atoms with Crippen molar-refractivity contribution in [1.29, 1.82) is 0 Å². The number of rotatable bonds is 9. The molecule has 1 aliphatic carbocycles. The lowest BCUT2D eigenvalue weighted by atomic mass is 9.96. The molecule has 1 heterocycles. The summed E-state index contributed by atoms with van der Waals surface area (Å²) in [5.74, 6) is 3.17. The number of methoxy groups -OCH3 is 1. The van der Waals surface area contributed by atoms with Crippen LogP contribution in [0.2, 0.25) is 0 Å². The van der Waals surface area contributed by atoms with E-state index in [-0.39, 0.29) is 12.4 Å². The summed E-state index contributed by atoms with van der Waals surface area (Å²) in [4.78, 5) is 0. The fourth-order valence-electron chi connectivity index (χ4n) is 4.00. The Morgan fingerprint density at radius 2 is 1.90 bits per heavy atom. The average molecular weight is 424 g/mol. The first kappa shape index (κ1) is 21.4. The molecule has 1 atom stereocenters. The lowest BCUT2D eigenvalue weighted by molar-refractivity contribution is 0.288. The number of halogens is 1. The minimum absolute atomic E-state index is 0.276. The van der Waals surface area contributed by atoms with Crippen LogP contribution in [0.5, 0.6) is 11.5 Å². The number of benzene rings is 2. The first-order valence-electron chi connectivity index (χ1n) is 11.0. The van der Waals surface area contributed by atoms with Crippen molar-refractivity contribution in [3.8, 4) is 22.8 Å². The molecule has 0 bridgehead atoms. The Bertz CT molecular complexity index is 1040. The van der Waals surface area contributed by atoms with E-state index in [9.17, 15) is 4.39 Å². The molecule has 4 rings (SSSR count). The van der Waals surface area contributed by atoms with Gasteiger partial charge >= 0.3 is 0 Å². The number of hydrogen-bond donors (Lipinski definition) is 0. The minimum Gasteiger partial charge on any atom is -0.497 e. The highest BCUT2D eigenvalue weighted by atomic mass is 19.1. The standard InChI is InChI=1S/C26H30FNO3/c1-16(2)12-23-25(28-31-26(23)22-14-20(29-4)10-11-24(22)27)15-30-21-7-5-6-19(13-21)17(3)18-8-9-18/h5-7,10-11,13-14,16-18H,8-9,12,15H2,1-4H3/t17-/m0/s1. The van der Waals surface area contributed by atoms with Crippen molar-refractivity contribution in [1.82, 2.24) is 5.16 Å². The zero-order valence-electron chi connectivity index (χ0n) is 18.7. The van der Waals surface area contributed by atoms with E-state index in [1.54, 1.807) is 19.2 Å². The number of ether oxygens (including phenoxy) is 2. The third-order valence-electron chi connectivity index (χ3n) is 5.99. The van der Waals surface area contributed by atoms with Crippen LogP contribution in [0, 0.1) is 17.7 Å². The van der Waals surface area contributed by atoms with Crippen LogP contribution < -0.4 is 9.47 Å². The molecule has 0 amide bonds. The molecule has 0 aliphatic heterocycles. The average Bonchev–Trinajstić information content (AvgIpc) is 3.54. The van der Waals surface area contributed by atoms with Gasteiger partial charge in [0.05, 0.1) is 12.7 Å². The highest BCUT2D eigenvalue weighted by molar-refractivity contribution is 5.64. The van der Waals surface area contributed by atoms with E-state index in [0.717, 1.165) is 17.2 Å². The molecule has 31 heavy (non-hydrogen) atoms. The van der Waals surface area contributed by atoms with Gasteiger partial charge in [-0.15, -0.1) is 0 Å². The molecule has 0 saturated heterocycles. The smallest absolute Gasteiger partial charge is 0.173 e. The summed E-state index contributed by atoms with van der Waals surface area (Å²) in [5, 5.41) is 4.25. The van der Waals surface area contributed by atoms with E-state index in [2.05, 4.69) is 38.1 Å². The molecule has 0 N–H and O–H groups in total. The Kier molecular flexibility index (Phi) is 6.30. The van der Waals surface area contributed by atoms with Crippen LogP contribution in [-0.2, 0) is 13.0 Å². The summed E-state index contributed by atoms with van der Waals surface area (Å²) in [6.45, 7) is 6.79. The van der Waals surface area contributed by atoms with Crippen LogP contribution in [0.25, 0.3) is 11.3 Å². The second-order valence-electron chi connectivity index (χ2n) is 8.87. The normalized spacial score (nSPS) is 14.6. The molecular formula is C26H30FNO3. The van der Waals surface area contributed by atoms with Crippen LogP contribution in [0.3, 0.4) is 0 Å². The molecular weight excluding hydrogens is 393 g/mol. The summed E-state index contributed by atoms with van der Waals surface area (Å²) in [6.07, 6.45) is 3.34. The van der Waals surface area contributed by atoms with Gasteiger partial charge in [0.15, 0.2) is 5.76 Å². The maximum Gasteiger partial charge on any atom is 0.173 e. The van der Waals surface area contributed by atoms with Gasteiger partial charge in [-0.1, -0.05) is 38.1 Å². The highest BCUT2D eigenvalue weighted by Gasteiger charge is 2.29. The Balaban J connectivity index is 1.58. The van der Waals surface area contributed by atoms with Crippen LogP contribution in [0.15, 0.2) is 47.0 Å². The van der Waals surface area contributed by atoms with Crippen LogP contribution in [-0.4, -0.2) is 12.3 Å². The topological polar surface area (TPSA) is 44.5 Å². The highest BCUT2D eigenvalue weighted by Crippen LogP contribution is 2.42. The van der Waals surface area contributed by atoms with Gasteiger partial charge < -0.3 is 14.0 Å². The van der Waals surface area contributed by atoms with Gasteiger partial charge in [-0.3, -0.25) is 0 Å². The fourth-order valence-corrected chi connectivity index (χ4v) is 4.00. The van der Waals surface area contributed by atoms with E-state index >= 15 is 0 Å². The monoisotopic (exact) mass is 423 g/mol. The van der Waals surface area contributed by atoms with Gasteiger partial charge in [-0.2, -0.15) is 0 Å². The van der Waals surface area contributed by atoms with Gasteiger partial charge in [-0.25, -0.2) is 4.39 Å². The SMILES string of the molecule is COc1ccc(F)c(-c2onc(COc3cccc([C@@H](C)C4CC4)c3)c2CC(C)C)c1. The molecule has 5 heteroatoms. The summed E-state index contributed by atoms with van der Waals surface area (Å²) in [7, 11) is 1.56. The second-order valence-corrected chi connectivity index (χ2v) is 8.87. The Morgan fingerprint density at radius 1 is 1.10 bits per heavy atom. The maximum atomic E-state index is 14.6. The van der Waals surface area contributed by atoms with Gasteiger partial charge in [-0.05, 0) is 72.9 Å². The third kappa shape index (κ3) is 4.92. The molecule has 164 valence electrons. The summed E-state index contributed by atoms with van der Waals surface area (Å²) in [6, 6.07) is 12.9. The molecule has 1 aliphatic rings. The summed E-state index contributed by atoms with van der Waals surface area (Å²) in [5.41, 5.74) is 3.24. The number of aromatic nitrogens is 1. The van der Waals surface area contributed by atoms with Gasteiger partial charge in [0.2, 0.25) is 0 Å². The maximum absolute atomic E-state index is 14.6. The quantitative estimate of drug-likeness (QED) is 0.380. The van der Waals surface area contributed by atoms with Gasteiger partial charge in [0.1, 0.15) is 29.6 Å². The van der Waals surface area contributed by atoms with Crippen LogP contribution >= 0.6 is 0 Å². The molecule has 0 radical (unpaired) electrons. The van der Waals surface area contributed by atoms with E-state index in [1.165, 1.54) is 24.5 Å². The zero-order chi connectivity index (χ0) is 22.0. The van der Waals surface area contributed by atoms with Crippen LogP contribution in [0.1, 0.15) is 56.4 Å². The van der Waals surface area contributed by atoms with E-state index in [4.69, 9.17) is 14.0 Å². The van der Waals surface area contributed by atoms with E-state index < -0.39 is 0 Å². The zero-order valence-corrected chi connectivity index (χ0v) is 18.7. The van der Waals surface area contributed by atoms with Crippen molar-refractivity contribution in [2.24, 2.45) is 11.8 Å². The van der Waals surface area contributed by atoms with E-state index in [0.29, 0.717) is 41.0 Å². The predicted octanol–water partition coefficient (Wildman–Crippen LogP) is 6.78. The predicted molar refractivity (Wildman–Crippen MR) is 119 cm³/mol. The number of nitrogens with zero attached hydrogens (tertiary/aromatic N) is 1. The molecule has 0 spiro atoms. The van der Waals surface area contributed by atoms with Crippen molar-refractivity contribution < 1.29 is 18.4 Å². The van der Waals surface area contributed by atoms with E-state index in [1.807, 2.05) is 12.1 Å². The summed E-state index contributed by atoms with van der Waals surface area (Å²) >= 11 is 0. The largest absolute Gasteiger partial charge is 0.497 e. The lowest BCUT2D eigenvalue weighted by Crippen LogP contribution is -2.04. The summed E-state index contributed by atoms with van der Waals surface area (Å²) < 4.78 is 31.6. The van der Waals surface area contributed by atoms with Gasteiger partial charge in [0.25, 0.3) is 0 Å². The van der Waals surface area contributed by atoms with Crippen LogP contribution in [0.4, 0.5) is 4.39 Å². The number of hydrogen-bond acceptors (Lipinski definition) is 4. The Hall–Kier alpha value is -2.82. The third-order valence-corrected chi connectivity index (χ3v) is 5.99. The molecule has 1 fully saturated rings. The molecule has 1 aromatic heterocycles. The van der Waals surface area contributed by atoms with Crippen molar-refractivity contribution >= 4 is 0 Å². The second kappa shape index (κ2) is 9.13. The molecule has 2 aromatic carbocycles. The fraction of sp³-hybridized carbons (Fsp3) is 0.423. The van der Waals surface area contributed by atoms with Crippen molar-refractivity contribution in [2.45, 2.75) is 52.6 Å². The van der Waals surface area contributed by atoms with Crippen molar-refractivity contribution in [3.63, 3.8) is 0 Å². The molecule has 1 saturated carbocycles. The van der Waals surface area contributed by atoms with Crippen molar-refractivity contribution in [2.75, 3.05) is 7.11 Å². The first-order valence-corrected chi connectivity index (χ1v) is 11.0. The lowest BCUT2D eigenvalue weighted by Gasteiger charge is -2.13. The molecule has 3 aromatic rings. The Labute approximate surface area is 183 Å². The first-order chi connectivity index (χ1) is 15.0. The molecule has 4 nitrogen and oxygen atoms in total. The van der Waals surface area contributed by atoms with Gasteiger partial charge in [0, 0.05) is 5.56 Å². The van der Waals surface area contributed by atoms with Crippen molar-refractivity contribution in [3.05, 3.63) is 65.1 Å². The molecule has 0 unspecified atom stereocenters. The minimum atomic E-state index is -0.365. The Morgan fingerprint density at radius 3 is 2.61 bits per heavy atom.